The minimum atomic E-state index is 0.289. The molecule has 0 aromatic heterocycles. The van der Waals surface area contributed by atoms with Gasteiger partial charge in [-0.15, -0.1) is 0 Å². The molecule has 1 aromatic rings. The van der Waals surface area contributed by atoms with Gasteiger partial charge in [0.1, 0.15) is 0 Å². The van der Waals surface area contributed by atoms with Gasteiger partial charge in [0.2, 0.25) is 0 Å². The lowest BCUT2D eigenvalue weighted by Crippen LogP contribution is -2.53. The van der Waals surface area contributed by atoms with E-state index in [4.69, 9.17) is 23.2 Å². The summed E-state index contributed by atoms with van der Waals surface area (Å²) in [6.45, 7) is 2.81. The van der Waals surface area contributed by atoms with Crippen LogP contribution in [0.25, 0.3) is 0 Å². The molecule has 0 aliphatic carbocycles. The van der Waals surface area contributed by atoms with Crippen molar-refractivity contribution in [3.8, 4) is 0 Å². The van der Waals surface area contributed by atoms with Crippen molar-refractivity contribution in [2.75, 3.05) is 24.5 Å². The smallest absolute Gasteiger partial charge is 0.0876 e. The molecule has 0 saturated carbocycles. The molecule has 84 valence electrons. The van der Waals surface area contributed by atoms with Gasteiger partial charge >= 0.3 is 0 Å². The van der Waals surface area contributed by atoms with Crippen LogP contribution in [0.4, 0.5) is 11.4 Å². The highest BCUT2D eigenvalue weighted by Crippen LogP contribution is 2.43. The van der Waals surface area contributed by atoms with Crippen molar-refractivity contribution in [2.24, 2.45) is 4.99 Å². The third kappa shape index (κ3) is 1.51. The standard InChI is InChI=1S/C11H11Cl2N3/c12-8-1-2-9-11(10(8)13)16-4-3-14-5-7(16)6-15-9/h1-2,6-7,14H,3-5H2. The van der Waals surface area contributed by atoms with E-state index in [1.54, 1.807) is 6.07 Å². The van der Waals surface area contributed by atoms with Gasteiger partial charge < -0.3 is 10.2 Å². The number of hydrogen-bond donors (Lipinski definition) is 1. The quantitative estimate of drug-likeness (QED) is 0.772. The number of fused-ring (bicyclic) bond motifs is 3. The van der Waals surface area contributed by atoms with E-state index in [2.05, 4.69) is 15.2 Å². The number of aliphatic imine (C=N–C) groups is 1. The lowest BCUT2D eigenvalue weighted by molar-refractivity contribution is 0.547. The number of rotatable bonds is 0. The Hall–Kier alpha value is -0.770. The van der Waals surface area contributed by atoms with E-state index in [-0.39, 0.29) is 6.04 Å². The maximum Gasteiger partial charge on any atom is 0.0876 e. The number of hydrogen-bond acceptors (Lipinski definition) is 3. The monoisotopic (exact) mass is 255 g/mol. The molecule has 1 aromatic carbocycles. The highest BCUT2D eigenvalue weighted by Gasteiger charge is 2.28. The number of nitrogens with zero attached hydrogens (tertiary/aromatic N) is 2. The molecule has 5 heteroatoms. The van der Waals surface area contributed by atoms with E-state index in [1.165, 1.54) is 0 Å². The lowest BCUT2D eigenvalue weighted by atomic mass is 10.1. The van der Waals surface area contributed by atoms with Crippen LogP contribution in [0.1, 0.15) is 0 Å². The highest BCUT2D eigenvalue weighted by atomic mass is 35.5. The summed E-state index contributed by atoms with van der Waals surface area (Å²) in [5.41, 5.74) is 1.88. The second-order valence-electron chi connectivity index (χ2n) is 3.97. The van der Waals surface area contributed by atoms with Crippen molar-refractivity contribution in [1.82, 2.24) is 5.32 Å². The molecule has 0 amide bonds. The van der Waals surface area contributed by atoms with E-state index in [9.17, 15) is 0 Å². The van der Waals surface area contributed by atoms with E-state index in [1.807, 2.05) is 12.3 Å². The number of halogens is 2. The van der Waals surface area contributed by atoms with E-state index in [0.717, 1.165) is 31.0 Å². The first-order valence-corrected chi connectivity index (χ1v) is 6.02. The third-order valence-corrected chi connectivity index (χ3v) is 3.80. The van der Waals surface area contributed by atoms with Crippen molar-refractivity contribution in [3.05, 3.63) is 22.2 Å². The fourth-order valence-electron chi connectivity index (χ4n) is 2.21. The predicted molar refractivity (Wildman–Crippen MR) is 68.6 cm³/mol. The number of piperazine rings is 1. The van der Waals surface area contributed by atoms with E-state index >= 15 is 0 Å². The molecule has 2 heterocycles. The SMILES string of the molecule is Clc1ccc2c(c1Cl)N1CCNCC1C=N2. The first-order chi connectivity index (χ1) is 7.77. The summed E-state index contributed by atoms with van der Waals surface area (Å²) in [7, 11) is 0. The molecule has 1 N–H and O–H groups in total. The molecule has 1 atom stereocenters. The van der Waals surface area contributed by atoms with Crippen molar-refractivity contribution in [1.29, 1.82) is 0 Å². The molecular weight excluding hydrogens is 245 g/mol. The summed E-state index contributed by atoms with van der Waals surface area (Å²) in [6, 6.07) is 4.00. The lowest BCUT2D eigenvalue weighted by Gasteiger charge is -2.39. The van der Waals surface area contributed by atoms with Crippen LogP contribution in [0.3, 0.4) is 0 Å². The Balaban J connectivity index is 2.14. The van der Waals surface area contributed by atoms with Gasteiger partial charge in [0, 0.05) is 25.8 Å². The second kappa shape index (κ2) is 3.91. The van der Waals surface area contributed by atoms with Crippen molar-refractivity contribution >= 4 is 40.8 Å². The van der Waals surface area contributed by atoms with Crippen LogP contribution in [0.5, 0.6) is 0 Å². The molecule has 3 nitrogen and oxygen atoms in total. The summed E-state index contributed by atoms with van der Waals surface area (Å²) in [4.78, 5) is 6.70. The van der Waals surface area contributed by atoms with E-state index < -0.39 is 0 Å². The Morgan fingerprint density at radius 1 is 1.38 bits per heavy atom. The van der Waals surface area contributed by atoms with Crippen LogP contribution in [0.2, 0.25) is 10.0 Å². The fourth-order valence-corrected chi connectivity index (χ4v) is 2.63. The van der Waals surface area contributed by atoms with Gasteiger partial charge in [0.25, 0.3) is 0 Å². The molecule has 1 fully saturated rings. The van der Waals surface area contributed by atoms with Crippen LogP contribution in [0, 0.1) is 0 Å². The zero-order valence-electron chi connectivity index (χ0n) is 8.58. The van der Waals surface area contributed by atoms with Crippen LogP contribution < -0.4 is 10.2 Å². The van der Waals surface area contributed by atoms with Crippen LogP contribution >= 0.6 is 23.2 Å². The van der Waals surface area contributed by atoms with E-state index in [0.29, 0.717) is 10.0 Å². The molecule has 0 bridgehead atoms. The molecule has 16 heavy (non-hydrogen) atoms. The first-order valence-electron chi connectivity index (χ1n) is 5.27. The summed E-state index contributed by atoms with van der Waals surface area (Å²) >= 11 is 12.3. The highest BCUT2D eigenvalue weighted by molar-refractivity contribution is 6.44. The van der Waals surface area contributed by atoms with Crippen molar-refractivity contribution < 1.29 is 0 Å². The minimum Gasteiger partial charge on any atom is -0.358 e. The van der Waals surface area contributed by atoms with Gasteiger partial charge in [0.15, 0.2) is 0 Å². The summed E-state index contributed by atoms with van der Waals surface area (Å²) in [5.74, 6) is 0. The van der Waals surface area contributed by atoms with Gasteiger partial charge in [-0.3, -0.25) is 4.99 Å². The predicted octanol–water partition coefficient (Wildman–Crippen LogP) is 2.49. The molecule has 0 radical (unpaired) electrons. The Kier molecular flexibility index (Phi) is 2.54. The number of anilines is 1. The minimum absolute atomic E-state index is 0.289. The average molecular weight is 256 g/mol. The summed E-state index contributed by atoms with van der Waals surface area (Å²) in [6.07, 6.45) is 1.97. The zero-order valence-corrected chi connectivity index (χ0v) is 10.1. The second-order valence-corrected chi connectivity index (χ2v) is 4.76. The van der Waals surface area contributed by atoms with Crippen molar-refractivity contribution in [3.63, 3.8) is 0 Å². The third-order valence-electron chi connectivity index (χ3n) is 3.00. The van der Waals surface area contributed by atoms with Gasteiger partial charge in [-0.1, -0.05) is 23.2 Å². The molecule has 3 rings (SSSR count). The van der Waals surface area contributed by atoms with Crippen LogP contribution in [-0.2, 0) is 0 Å². The Morgan fingerprint density at radius 3 is 3.12 bits per heavy atom. The molecule has 1 unspecified atom stereocenters. The molecule has 2 aliphatic heterocycles. The molecule has 0 spiro atoms. The maximum atomic E-state index is 6.26. The normalized spacial score (nSPS) is 22.9. The van der Waals surface area contributed by atoms with Gasteiger partial charge in [-0.05, 0) is 12.1 Å². The van der Waals surface area contributed by atoms with Crippen LogP contribution in [-0.4, -0.2) is 31.9 Å². The number of nitrogens with one attached hydrogen (secondary N) is 1. The topological polar surface area (TPSA) is 27.6 Å². The van der Waals surface area contributed by atoms with Crippen molar-refractivity contribution in [2.45, 2.75) is 6.04 Å². The molecular formula is C11H11Cl2N3. The van der Waals surface area contributed by atoms with Gasteiger partial charge in [-0.2, -0.15) is 0 Å². The Labute approximate surface area is 104 Å². The zero-order chi connectivity index (χ0) is 11.1. The fraction of sp³-hybridized carbons (Fsp3) is 0.364. The van der Waals surface area contributed by atoms with Gasteiger partial charge in [0.05, 0.1) is 27.5 Å². The Bertz CT molecular complexity index is 459. The Morgan fingerprint density at radius 2 is 2.25 bits per heavy atom. The van der Waals surface area contributed by atoms with Gasteiger partial charge in [-0.25, -0.2) is 0 Å². The molecule has 1 saturated heterocycles. The summed E-state index contributed by atoms with van der Waals surface area (Å²) in [5, 5.41) is 4.55. The van der Waals surface area contributed by atoms with Crippen LogP contribution in [0.15, 0.2) is 17.1 Å². The summed E-state index contributed by atoms with van der Waals surface area (Å²) < 4.78 is 0. The maximum absolute atomic E-state index is 6.26. The largest absolute Gasteiger partial charge is 0.358 e. The molecule has 2 aliphatic rings. The first kappa shape index (κ1) is 10.4. The number of benzene rings is 1. The average Bonchev–Trinajstić information content (AvgIpc) is 2.33.